The van der Waals surface area contributed by atoms with Gasteiger partial charge in [0.15, 0.2) is 5.82 Å². The first-order chi connectivity index (χ1) is 9.74. The van der Waals surface area contributed by atoms with Gasteiger partial charge in [-0.2, -0.15) is 0 Å². The molecule has 0 saturated heterocycles. The van der Waals surface area contributed by atoms with Crippen LogP contribution in [0.4, 0.5) is 0 Å². The Hall–Kier alpha value is -1.00. The molecule has 0 radical (unpaired) electrons. The van der Waals surface area contributed by atoms with Gasteiger partial charge in [-0.05, 0) is 45.7 Å². The van der Waals surface area contributed by atoms with Crippen molar-refractivity contribution in [3.63, 3.8) is 0 Å². The Kier molecular flexibility index (Phi) is 5.92. The third-order valence-corrected chi connectivity index (χ3v) is 3.96. The second kappa shape index (κ2) is 7.70. The molecule has 0 aromatic carbocycles. The first-order valence-electron chi connectivity index (χ1n) is 7.85. The molecule has 1 aliphatic carbocycles. The number of ether oxygens (including phenoxy) is 1. The maximum atomic E-state index is 6.01. The van der Waals surface area contributed by atoms with Gasteiger partial charge >= 0.3 is 0 Å². The summed E-state index contributed by atoms with van der Waals surface area (Å²) < 4.78 is 6.01. The molecule has 0 bridgehead atoms. The Bertz CT molecular complexity index is 416. The van der Waals surface area contributed by atoms with Crippen molar-refractivity contribution < 1.29 is 4.74 Å². The average molecular weight is 277 g/mol. The molecular weight excluding hydrogens is 250 g/mol. The van der Waals surface area contributed by atoms with Crippen LogP contribution in [0.3, 0.4) is 0 Å². The molecule has 1 heterocycles. The monoisotopic (exact) mass is 277 g/mol. The predicted molar refractivity (Wildman–Crippen MR) is 80.5 cm³/mol. The first kappa shape index (κ1) is 15.4. The molecule has 0 amide bonds. The largest absolute Gasteiger partial charge is 0.370 e. The second-order valence-corrected chi connectivity index (χ2v) is 5.66. The predicted octanol–water partition coefficient (Wildman–Crippen LogP) is 3.16. The fourth-order valence-electron chi connectivity index (χ4n) is 3.10. The van der Waals surface area contributed by atoms with E-state index in [-0.39, 0.29) is 6.10 Å². The number of nitrogens with one attached hydrogen (secondary N) is 1. The van der Waals surface area contributed by atoms with Crippen LogP contribution in [0.5, 0.6) is 0 Å². The van der Waals surface area contributed by atoms with Gasteiger partial charge in [-0.25, -0.2) is 9.97 Å². The van der Waals surface area contributed by atoms with E-state index in [1.807, 2.05) is 20.0 Å². The second-order valence-electron chi connectivity index (χ2n) is 5.66. The van der Waals surface area contributed by atoms with Crippen molar-refractivity contribution in [1.29, 1.82) is 0 Å². The van der Waals surface area contributed by atoms with E-state index in [4.69, 9.17) is 9.72 Å². The van der Waals surface area contributed by atoms with Gasteiger partial charge in [0.05, 0.1) is 5.69 Å². The minimum Gasteiger partial charge on any atom is -0.370 e. The van der Waals surface area contributed by atoms with Crippen molar-refractivity contribution in [3.8, 4) is 0 Å². The SMILES string of the molecule is CCOC(c1nc(C)cc(CNC)n1)C1CCCCC1. The maximum absolute atomic E-state index is 6.01. The Balaban J connectivity index is 2.22. The van der Waals surface area contributed by atoms with Gasteiger partial charge in [0.1, 0.15) is 6.10 Å². The Morgan fingerprint density at radius 3 is 2.70 bits per heavy atom. The van der Waals surface area contributed by atoms with Gasteiger partial charge in [0.2, 0.25) is 0 Å². The van der Waals surface area contributed by atoms with Crippen LogP contribution in [0.15, 0.2) is 6.07 Å². The molecule has 1 N–H and O–H groups in total. The van der Waals surface area contributed by atoms with Crippen LogP contribution in [0, 0.1) is 12.8 Å². The van der Waals surface area contributed by atoms with E-state index < -0.39 is 0 Å². The molecule has 1 aromatic rings. The highest BCUT2D eigenvalue weighted by molar-refractivity contribution is 5.12. The average Bonchev–Trinajstić information content (AvgIpc) is 2.45. The molecule has 2 rings (SSSR count). The molecule has 4 heteroatoms. The summed E-state index contributed by atoms with van der Waals surface area (Å²) in [4.78, 5) is 9.37. The molecule has 4 nitrogen and oxygen atoms in total. The number of aryl methyl sites for hydroxylation is 1. The molecule has 1 saturated carbocycles. The van der Waals surface area contributed by atoms with E-state index in [9.17, 15) is 0 Å². The molecule has 0 spiro atoms. The number of hydrogen-bond acceptors (Lipinski definition) is 4. The lowest BCUT2D eigenvalue weighted by Crippen LogP contribution is -2.22. The van der Waals surface area contributed by atoms with Gasteiger partial charge in [0, 0.05) is 18.8 Å². The van der Waals surface area contributed by atoms with Gasteiger partial charge < -0.3 is 10.1 Å². The Morgan fingerprint density at radius 1 is 1.30 bits per heavy atom. The topological polar surface area (TPSA) is 47.0 Å². The highest BCUT2D eigenvalue weighted by atomic mass is 16.5. The van der Waals surface area contributed by atoms with Crippen LogP contribution in [-0.4, -0.2) is 23.6 Å². The molecule has 1 unspecified atom stereocenters. The van der Waals surface area contributed by atoms with Crippen LogP contribution in [0.25, 0.3) is 0 Å². The fraction of sp³-hybridized carbons (Fsp3) is 0.750. The summed E-state index contributed by atoms with van der Waals surface area (Å²) in [7, 11) is 1.94. The standard InChI is InChI=1S/C16H27N3O/c1-4-20-15(13-8-6-5-7-9-13)16-18-12(2)10-14(19-16)11-17-3/h10,13,15,17H,4-9,11H2,1-3H3. The molecule has 1 atom stereocenters. The van der Waals surface area contributed by atoms with Gasteiger partial charge in [0.25, 0.3) is 0 Å². The summed E-state index contributed by atoms with van der Waals surface area (Å²) in [5.41, 5.74) is 2.08. The maximum Gasteiger partial charge on any atom is 0.157 e. The van der Waals surface area contributed by atoms with Crippen LogP contribution in [0.2, 0.25) is 0 Å². The van der Waals surface area contributed by atoms with Crippen LogP contribution in [0.1, 0.15) is 62.3 Å². The summed E-state index contributed by atoms with van der Waals surface area (Å²) in [6.07, 6.45) is 6.52. The molecular formula is C16H27N3O. The minimum absolute atomic E-state index is 0.0656. The van der Waals surface area contributed by atoms with Crippen molar-refractivity contribution in [3.05, 3.63) is 23.3 Å². The summed E-state index contributed by atoms with van der Waals surface area (Å²) >= 11 is 0. The zero-order valence-electron chi connectivity index (χ0n) is 13.0. The third kappa shape index (κ3) is 4.00. The van der Waals surface area contributed by atoms with E-state index in [0.717, 1.165) is 30.4 Å². The van der Waals surface area contributed by atoms with Crippen LogP contribution >= 0.6 is 0 Å². The van der Waals surface area contributed by atoms with Crippen molar-refractivity contribution in [2.24, 2.45) is 5.92 Å². The van der Waals surface area contributed by atoms with Crippen LogP contribution < -0.4 is 5.32 Å². The smallest absolute Gasteiger partial charge is 0.157 e. The zero-order valence-corrected chi connectivity index (χ0v) is 13.0. The van der Waals surface area contributed by atoms with E-state index in [2.05, 4.69) is 17.2 Å². The number of aromatic nitrogens is 2. The molecule has 1 aliphatic rings. The fourth-order valence-corrected chi connectivity index (χ4v) is 3.10. The zero-order chi connectivity index (χ0) is 14.4. The molecule has 0 aliphatic heterocycles. The molecule has 1 aromatic heterocycles. The van der Waals surface area contributed by atoms with E-state index in [1.165, 1.54) is 32.1 Å². The lowest BCUT2D eigenvalue weighted by molar-refractivity contribution is -0.000431. The van der Waals surface area contributed by atoms with Gasteiger partial charge in [-0.1, -0.05) is 19.3 Å². The Morgan fingerprint density at radius 2 is 2.05 bits per heavy atom. The van der Waals surface area contributed by atoms with Gasteiger partial charge in [-0.15, -0.1) is 0 Å². The highest BCUT2D eigenvalue weighted by Gasteiger charge is 2.28. The van der Waals surface area contributed by atoms with Crippen molar-refractivity contribution in [2.75, 3.05) is 13.7 Å². The normalized spacial score (nSPS) is 18.1. The number of nitrogens with zero attached hydrogens (tertiary/aromatic N) is 2. The lowest BCUT2D eigenvalue weighted by atomic mass is 9.85. The van der Waals surface area contributed by atoms with E-state index in [1.54, 1.807) is 0 Å². The summed E-state index contributed by atoms with van der Waals surface area (Å²) in [5.74, 6) is 1.46. The van der Waals surface area contributed by atoms with Crippen molar-refractivity contribution in [2.45, 2.75) is 58.6 Å². The minimum atomic E-state index is 0.0656. The first-order valence-corrected chi connectivity index (χ1v) is 7.85. The summed E-state index contributed by atoms with van der Waals surface area (Å²) in [5, 5.41) is 3.16. The van der Waals surface area contributed by atoms with Gasteiger partial charge in [-0.3, -0.25) is 0 Å². The van der Waals surface area contributed by atoms with E-state index in [0.29, 0.717) is 5.92 Å². The molecule has 1 fully saturated rings. The summed E-state index contributed by atoms with van der Waals surface area (Å²) in [6, 6.07) is 2.05. The van der Waals surface area contributed by atoms with Crippen molar-refractivity contribution in [1.82, 2.24) is 15.3 Å². The highest BCUT2D eigenvalue weighted by Crippen LogP contribution is 2.35. The molecule has 112 valence electrons. The lowest BCUT2D eigenvalue weighted by Gasteiger charge is -2.29. The summed E-state index contributed by atoms with van der Waals surface area (Å²) in [6.45, 7) is 5.59. The number of hydrogen-bond donors (Lipinski definition) is 1. The third-order valence-electron chi connectivity index (χ3n) is 3.96. The quantitative estimate of drug-likeness (QED) is 0.867. The van der Waals surface area contributed by atoms with Crippen LogP contribution in [-0.2, 0) is 11.3 Å². The van der Waals surface area contributed by atoms with E-state index >= 15 is 0 Å². The number of rotatable bonds is 6. The van der Waals surface area contributed by atoms with Crippen molar-refractivity contribution >= 4 is 0 Å². The Labute approximate surface area is 122 Å². The molecule has 20 heavy (non-hydrogen) atoms.